The predicted octanol–water partition coefficient (Wildman–Crippen LogP) is 3.67. The van der Waals surface area contributed by atoms with Crippen molar-refractivity contribution in [2.75, 3.05) is 19.8 Å². The number of halogens is 1. The second-order valence-corrected chi connectivity index (χ2v) is 4.28. The molecule has 1 rings (SSSR count). The van der Waals surface area contributed by atoms with E-state index in [9.17, 15) is 0 Å². The molecule has 0 aliphatic heterocycles. The van der Waals surface area contributed by atoms with E-state index in [2.05, 4.69) is 15.9 Å². The predicted molar refractivity (Wildman–Crippen MR) is 70.7 cm³/mol. The van der Waals surface area contributed by atoms with Crippen LogP contribution >= 0.6 is 15.9 Å². The summed E-state index contributed by atoms with van der Waals surface area (Å²) < 4.78 is 18.0. The van der Waals surface area contributed by atoms with Gasteiger partial charge in [0.05, 0.1) is 0 Å². The second kappa shape index (κ2) is 7.11. The van der Waals surface area contributed by atoms with E-state index in [0.717, 1.165) is 10.0 Å². The molecule has 0 atom stereocenters. The number of hydrogen-bond donors (Lipinski definition) is 0. The van der Waals surface area contributed by atoms with Gasteiger partial charge in [-0.2, -0.15) is 0 Å². The van der Waals surface area contributed by atoms with Crippen molar-refractivity contribution in [1.29, 1.82) is 0 Å². The summed E-state index contributed by atoms with van der Waals surface area (Å²) in [6.45, 7) is 7.33. The maximum atomic E-state index is 5.69. The third-order valence-corrected chi connectivity index (χ3v) is 2.67. The summed E-state index contributed by atoms with van der Waals surface area (Å²) in [6.07, 6.45) is 0. The van der Waals surface area contributed by atoms with Crippen LogP contribution in [0.25, 0.3) is 0 Å². The highest BCUT2D eigenvalue weighted by Gasteiger charge is 2.35. The molecule has 96 valence electrons. The van der Waals surface area contributed by atoms with Gasteiger partial charge in [-0.1, -0.05) is 28.1 Å². The van der Waals surface area contributed by atoms with E-state index in [1.807, 2.05) is 45.0 Å². The Hall–Kier alpha value is -0.420. The van der Waals surface area contributed by atoms with Crippen molar-refractivity contribution >= 4 is 15.9 Å². The van der Waals surface area contributed by atoms with E-state index in [1.54, 1.807) is 0 Å². The Labute approximate surface area is 111 Å². The summed E-state index contributed by atoms with van der Waals surface area (Å²) in [5.41, 5.74) is 0.859. The summed E-state index contributed by atoms with van der Waals surface area (Å²) in [6, 6.07) is 7.77. The molecule has 0 radical (unpaired) electrons. The first kappa shape index (κ1) is 14.6. The van der Waals surface area contributed by atoms with Crippen LogP contribution in [0.5, 0.6) is 0 Å². The molecular formula is C13H19BrO3. The Morgan fingerprint density at radius 3 is 1.94 bits per heavy atom. The Bertz CT molecular complexity index is 324. The molecule has 17 heavy (non-hydrogen) atoms. The summed E-state index contributed by atoms with van der Waals surface area (Å²) >= 11 is 3.44. The lowest BCUT2D eigenvalue weighted by atomic mass is 10.2. The van der Waals surface area contributed by atoms with E-state index in [4.69, 9.17) is 14.2 Å². The second-order valence-electron chi connectivity index (χ2n) is 3.37. The molecule has 0 aliphatic rings. The third kappa shape index (κ3) is 3.78. The van der Waals surface area contributed by atoms with Crippen molar-refractivity contribution in [2.24, 2.45) is 0 Å². The third-order valence-electron chi connectivity index (χ3n) is 2.18. The fourth-order valence-electron chi connectivity index (χ4n) is 1.62. The zero-order valence-corrected chi connectivity index (χ0v) is 12.1. The highest BCUT2D eigenvalue weighted by molar-refractivity contribution is 9.10. The first-order valence-corrected chi connectivity index (χ1v) is 6.65. The normalized spacial score (nSPS) is 11.8. The molecule has 0 fully saturated rings. The minimum atomic E-state index is -1.10. The first-order valence-electron chi connectivity index (χ1n) is 5.86. The van der Waals surface area contributed by atoms with E-state index in [1.165, 1.54) is 0 Å². The van der Waals surface area contributed by atoms with Crippen LogP contribution in [-0.4, -0.2) is 19.8 Å². The molecule has 0 aliphatic carbocycles. The van der Waals surface area contributed by atoms with Gasteiger partial charge in [-0.25, -0.2) is 0 Å². The van der Waals surface area contributed by atoms with E-state index in [0.29, 0.717) is 19.8 Å². The van der Waals surface area contributed by atoms with Gasteiger partial charge < -0.3 is 14.2 Å². The molecule has 0 unspecified atom stereocenters. The molecule has 4 heteroatoms. The summed E-state index contributed by atoms with van der Waals surface area (Å²) in [5, 5.41) is 0. The van der Waals surface area contributed by atoms with Gasteiger partial charge in [0.1, 0.15) is 0 Å². The van der Waals surface area contributed by atoms with Crippen molar-refractivity contribution in [1.82, 2.24) is 0 Å². The van der Waals surface area contributed by atoms with Crippen LogP contribution in [0.4, 0.5) is 0 Å². The minimum Gasteiger partial charge on any atom is -0.324 e. The molecule has 0 bridgehead atoms. The largest absolute Gasteiger partial charge is 0.324 e. The monoisotopic (exact) mass is 302 g/mol. The topological polar surface area (TPSA) is 27.7 Å². The van der Waals surface area contributed by atoms with Gasteiger partial charge in [0.2, 0.25) is 0 Å². The summed E-state index contributed by atoms with van der Waals surface area (Å²) in [7, 11) is 0. The van der Waals surface area contributed by atoms with E-state index >= 15 is 0 Å². The first-order chi connectivity index (χ1) is 8.18. The smallest absolute Gasteiger partial charge is 0.312 e. The summed E-state index contributed by atoms with van der Waals surface area (Å²) in [4.78, 5) is 0. The molecule has 0 amide bonds. The fourth-order valence-corrected chi connectivity index (χ4v) is 2.02. The van der Waals surface area contributed by atoms with Crippen LogP contribution in [0.1, 0.15) is 26.3 Å². The van der Waals surface area contributed by atoms with Crippen molar-refractivity contribution in [3.63, 3.8) is 0 Å². The number of rotatable bonds is 7. The van der Waals surface area contributed by atoms with Gasteiger partial charge in [0.25, 0.3) is 0 Å². The lowest BCUT2D eigenvalue weighted by Crippen LogP contribution is -2.36. The maximum Gasteiger partial charge on any atom is 0.312 e. The quantitative estimate of drug-likeness (QED) is 0.719. The van der Waals surface area contributed by atoms with Crippen molar-refractivity contribution in [3.8, 4) is 0 Å². The number of benzene rings is 1. The Morgan fingerprint density at radius 2 is 1.53 bits per heavy atom. The molecule has 1 aromatic rings. The maximum absolute atomic E-state index is 5.69. The molecule has 0 aromatic heterocycles. The van der Waals surface area contributed by atoms with E-state index in [-0.39, 0.29) is 0 Å². The molecule has 1 aromatic carbocycles. The SMILES string of the molecule is CCOC(OCC)(OCC)c1cccc(Br)c1. The van der Waals surface area contributed by atoms with Crippen LogP contribution < -0.4 is 0 Å². The molecule has 3 nitrogen and oxygen atoms in total. The average Bonchev–Trinajstić information content (AvgIpc) is 2.30. The zero-order valence-electron chi connectivity index (χ0n) is 10.5. The molecule has 0 saturated heterocycles. The van der Waals surface area contributed by atoms with Gasteiger partial charge in [0.15, 0.2) is 0 Å². The van der Waals surface area contributed by atoms with Crippen molar-refractivity contribution < 1.29 is 14.2 Å². The van der Waals surface area contributed by atoms with Gasteiger partial charge in [0, 0.05) is 29.9 Å². The van der Waals surface area contributed by atoms with E-state index < -0.39 is 5.97 Å². The molecule has 0 saturated carbocycles. The van der Waals surface area contributed by atoms with Crippen LogP contribution in [0.15, 0.2) is 28.7 Å². The Morgan fingerprint density at radius 1 is 1.00 bits per heavy atom. The van der Waals surface area contributed by atoms with Crippen LogP contribution in [0.3, 0.4) is 0 Å². The minimum absolute atomic E-state index is 0.520. The molecule has 0 N–H and O–H groups in total. The fraction of sp³-hybridized carbons (Fsp3) is 0.538. The van der Waals surface area contributed by atoms with Gasteiger partial charge in [-0.05, 0) is 32.9 Å². The Balaban J connectivity index is 3.09. The van der Waals surface area contributed by atoms with Crippen LogP contribution in [0, 0.1) is 0 Å². The highest BCUT2D eigenvalue weighted by Crippen LogP contribution is 2.30. The number of ether oxygens (including phenoxy) is 3. The van der Waals surface area contributed by atoms with Crippen LogP contribution in [0.2, 0.25) is 0 Å². The van der Waals surface area contributed by atoms with Gasteiger partial charge in [-0.15, -0.1) is 0 Å². The molecular weight excluding hydrogens is 284 g/mol. The Kier molecular flexibility index (Phi) is 6.12. The molecule has 0 heterocycles. The number of hydrogen-bond acceptors (Lipinski definition) is 3. The van der Waals surface area contributed by atoms with Crippen molar-refractivity contribution in [2.45, 2.75) is 26.7 Å². The zero-order chi connectivity index (χ0) is 12.7. The standard InChI is InChI=1S/C13H19BrO3/c1-4-15-13(16-5-2,17-6-3)11-8-7-9-12(14)10-11/h7-10H,4-6H2,1-3H3. The van der Waals surface area contributed by atoms with Gasteiger partial charge in [-0.3, -0.25) is 0 Å². The lowest BCUT2D eigenvalue weighted by molar-refractivity contribution is -0.389. The van der Waals surface area contributed by atoms with Crippen LogP contribution in [-0.2, 0) is 20.2 Å². The summed E-state index contributed by atoms with van der Waals surface area (Å²) in [5.74, 6) is -1.10. The average molecular weight is 303 g/mol. The van der Waals surface area contributed by atoms with Crippen molar-refractivity contribution in [3.05, 3.63) is 34.3 Å². The highest BCUT2D eigenvalue weighted by atomic mass is 79.9. The lowest BCUT2D eigenvalue weighted by Gasteiger charge is -2.32. The molecule has 0 spiro atoms. The van der Waals surface area contributed by atoms with Gasteiger partial charge >= 0.3 is 5.97 Å².